The number of carbonyl (C=O) groups excluding carboxylic acids is 2. The summed E-state index contributed by atoms with van der Waals surface area (Å²) in [5, 5.41) is 0. The molecule has 0 aromatic rings. The van der Waals surface area contributed by atoms with E-state index in [0.717, 1.165) is 25.3 Å². The van der Waals surface area contributed by atoms with Crippen molar-refractivity contribution in [2.24, 2.45) is 0 Å². The van der Waals surface area contributed by atoms with E-state index in [4.69, 9.17) is 0 Å². The zero-order valence-corrected chi connectivity index (χ0v) is 11.2. The fraction of sp³-hybridized carbons (Fsp3) is 0.833. The second kappa shape index (κ2) is 5.71. The highest BCUT2D eigenvalue weighted by Gasteiger charge is 2.25. The first-order chi connectivity index (χ1) is 7.41. The van der Waals surface area contributed by atoms with Crippen LogP contribution in [-0.2, 0) is 9.59 Å². The molecule has 0 unspecified atom stereocenters. The molecule has 0 N–H and O–H groups in total. The fourth-order valence-corrected chi connectivity index (χ4v) is 2.81. The molecule has 1 heterocycles. The summed E-state index contributed by atoms with van der Waals surface area (Å²) < 4.78 is 0.273. The predicted octanol–water partition coefficient (Wildman–Crippen LogP) is 2.10. The first-order valence-electron chi connectivity index (χ1n) is 5.82. The van der Waals surface area contributed by atoms with Gasteiger partial charge in [-0.2, -0.15) is 11.8 Å². The molecule has 0 radical (unpaired) electrons. The van der Waals surface area contributed by atoms with Gasteiger partial charge in [-0.15, -0.1) is 0 Å². The quantitative estimate of drug-likeness (QED) is 0.762. The first kappa shape index (κ1) is 13.6. The van der Waals surface area contributed by atoms with Gasteiger partial charge in [-0.1, -0.05) is 13.8 Å². The highest BCUT2D eigenvalue weighted by molar-refractivity contribution is 8.00. The van der Waals surface area contributed by atoms with Gasteiger partial charge in [0.1, 0.15) is 5.78 Å². The van der Waals surface area contributed by atoms with Gasteiger partial charge >= 0.3 is 0 Å². The van der Waals surface area contributed by atoms with E-state index in [1.165, 1.54) is 6.92 Å². The van der Waals surface area contributed by atoms with E-state index in [9.17, 15) is 9.59 Å². The van der Waals surface area contributed by atoms with Crippen LogP contribution in [0.5, 0.6) is 0 Å². The van der Waals surface area contributed by atoms with E-state index < -0.39 is 0 Å². The number of hydrogen-bond acceptors (Lipinski definition) is 3. The lowest BCUT2D eigenvalue weighted by Crippen LogP contribution is -2.33. The van der Waals surface area contributed by atoms with E-state index in [-0.39, 0.29) is 16.4 Å². The van der Waals surface area contributed by atoms with Crippen LogP contribution in [0.25, 0.3) is 0 Å². The SMILES string of the molecule is CC(=O)CCC(=O)N1CCSC(C)(C)CC1. The molecule has 4 heteroatoms. The van der Waals surface area contributed by atoms with E-state index in [1.54, 1.807) is 0 Å². The predicted molar refractivity (Wildman–Crippen MR) is 67.6 cm³/mol. The molecule has 16 heavy (non-hydrogen) atoms. The Hall–Kier alpha value is -0.510. The van der Waals surface area contributed by atoms with Gasteiger partial charge in [0.25, 0.3) is 0 Å². The Morgan fingerprint density at radius 3 is 2.56 bits per heavy atom. The number of carbonyl (C=O) groups is 2. The topological polar surface area (TPSA) is 37.4 Å². The van der Waals surface area contributed by atoms with Crippen molar-refractivity contribution < 1.29 is 9.59 Å². The van der Waals surface area contributed by atoms with Crippen molar-refractivity contribution in [3.8, 4) is 0 Å². The lowest BCUT2D eigenvalue weighted by atomic mass is 10.1. The molecule has 1 aliphatic rings. The average molecular weight is 243 g/mol. The van der Waals surface area contributed by atoms with Crippen LogP contribution in [0.15, 0.2) is 0 Å². The molecular weight excluding hydrogens is 222 g/mol. The monoisotopic (exact) mass is 243 g/mol. The highest BCUT2D eigenvalue weighted by atomic mass is 32.2. The van der Waals surface area contributed by atoms with Crippen molar-refractivity contribution >= 4 is 23.5 Å². The van der Waals surface area contributed by atoms with E-state index in [0.29, 0.717) is 12.8 Å². The summed E-state index contributed by atoms with van der Waals surface area (Å²) in [6, 6.07) is 0. The minimum Gasteiger partial charge on any atom is -0.342 e. The van der Waals surface area contributed by atoms with E-state index >= 15 is 0 Å². The minimum absolute atomic E-state index is 0.0953. The Labute approximate surface area is 102 Å². The summed E-state index contributed by atoms with van der Waals surface area (Å²) in [6.45, 7) is 7.64. The van der Waals surface area contributed by atoms with Crippen molar-refractivity contribution in [1.29, 1.82) is 0 Å². The Morgan fingerprint density at radius 1 is 1.25 bits per heavy atom. The Balaban J connectivity index is 2.42. The Morgan fingerprint density at radius 2 is 1.94 bits per heavy atom. The lowest BCUT2D eigenvalue weighted by molar-refractivity contribution is -0.132. The Kier molecular flexibility index (Phi) is 4.84. The number of rotatable bonds is 3. The van der Waals surface area contributed by atoms with E-state index in [2.05, 4.69) is 13.8 Å². The van der Waals surface area contributed by atoms with Crippen molar-refractivity contribution in [2.75, 3.05) is 18.8 Å². The van der Waals surface area contributed by atoms with Gasteiger partial charge in [0.05, 0.1) is 0 Å². The van der Waals surface area contributed by atoms with E-state index in [1.807, 2.05) is 16.7 Å². The molecule has 0 aromatic heterocycles. The molecule has 92 valence electrons. The average Bonchev–Trinajstić information content (AvgIpc) is 2.35. The number of hydrogen-bond donors (Lipinski definition) is 0. The molecule has 3 nitrogen and oxygen atoms in total. The third kappa shape index (κ3) is 4.56. The molecule has 0 aromatic carbocycles. The zero-order valence-electron chi connectivity index (χ0n) is 10.4. The number of nitrogens with zero attached hydrogens (tertiary/aromatic N) is 1. The van der Waals surface area contributed by atoms with Crippen LogP contribution in [0.3, 0.4) is 0 Å². The largest absolute Gasteiger partial charge is 0.342 e. The Bertz CT molecular complexity index is 276. The molecule has 0 aliphatic carbocycles. The van der Waals surface area contributed by atoms with Crippen molar-refractivity contribution in [2.45, 2.75) is 44.8 Å². The minimum atomic E-state index is 0.0953. The van der Waals surface area contributed by atoms with Crippen molar-refractivity contribution in [3.05, 3.63) is 0 Å². The normalized spacial score (nSPS) is 20.3. The highest BCUT2D eigenvalue weighted by Crippen LogP contribution is 2.30. The van der Waals surface area contributed by atoms with Gasteiger partial charge < -0.3 is 9.69 Å². The fourth-order valence-electron chi connectivity index (χ4n) is 1.71. The van der Waals surface area contributed by atoms with Crippen LogP contribution in [0.1, 0.15) is 40.0 Å². The van der Waals surface area contributed by atoms with Crippen LogP contribution in [0.4, 0.5) is 0 Å². The van der Waals surface area contributed by atoms with Gasteiger partial charge in [-0.25, -0.2) is 0 Å². The molecule has 1 amide bonds. The molecular formula is C12H21NO2S. The maximum atomic E-state index is 11.8. The van der Waals surface area contributed by atoms with Gasteiger partial charge in [0, 0.05) is 36.4 Å². The summed E-state index contributed by atoms with van der Waals surface area (Å²) >= 11 is 1.93. The van der Waals surface area contributed by atoms with Gasteiger partial charge in [0.2, 0.25) is 5.91 Å². The number of ketones is 1. The molecule has 0 saturated carbocycles. The van der Waals surface area contributed by atoms with Crippen molar-refractivity contribution in [1.82, 2.24) is 4.90 Å². The third-order valence-corrected chi connectivity index (χ3v) is 4.25. The molecule has 0 spiro atoms. The maximum absolute atomic E-state index is 11.8. The molecule has 1 rings (SSSR count). The number of Topliss-reactive ketones (excluding diaryl/α,β-unsaturated/α-hetero) is 1. The summed E-state index contributed by atoms with van der Waals surface area (Å²) in [5.74, 6) is 1.23. The van der Waals surface area contributed by atoms with Crippen molar-refractivity contribution in [3.63, 3.8) is 0 Å². The second-order valence-corrected chi connectivity index (χ2v) is 6.74. The van der Waals surface area contributed by atoms with Gasteiger partial charge in [-0.05, 0) is 13.3 Å². The zero-order chi connectivity index (χ0) is 12.2. The van der Waals surface area contributed by atoms with Crippen LogP contribution >= 0.6 is 11.8 Å². The summed E-state index contributed by atoms with van der Waals surface area (Å²) in [4.78, 5) is 24.6. The van der Waals surface area contributed by atoms with Gasteiger partial charge in [-0.3, -0.25) is 4.79 Å². The maximum Gasteiger partial charge on any atom is 0.223 e. The van der Waals surface area contributed by atoms with Crippen LogP contribution in [0, 0.1) is 0 Å². The summed E-state index contributed by atoms with van der Waals surface area (Å²) in [5.41, 5.74) is 0. The molecule has 1 aliphatic heterocycles. The van der Waals surface area contributed by atoms with Crippen LogP contribution in [0.2, 0.25) is 0 Å². The van der Waals surface area contributed by atoms with Gasteiger partial charge in [0.15, 0.2) is 0 Å². The first-order valence-corrected chi connectivity index (χ1v) is 6.80. The standard InChI is InChI=1S/C12H21NO2S/c1-10(14)4-5-11(15)13-7-6-12(2,3)16-9-8-13/h4-9H2,1-3H3. The second-order valence-electron chi connectivity index (χ2n) is 4.94. The van der Waals surface area contributed by atoms with Crippen LogP contribution in [-0.4, -0.2) is 40.2 Å². The van der Waals surface area contributed by atoms with Crippen LogP contribution < -0.4 is 0 Å². The molecule has 1 fully saturated rings. The molecule has 1 saturated heterocycles. The summed E-state index contributed by atoms with van der Waals surface area (Å²) in [6.07, 6.45) is 1.79. The number of amides is 1. The third-order valence-electron chi connectivity index (χ3n) is 2.88. The smallest absolute Gasteiger partial charge is 0.223 e. The summed E-state index contributed by atoms with van der Waals surface area (Å²) in [7, 11) is 0. The number of thioether (sulfide) groups is 1. The lowest BCUT2D eigenvalue weighted by Gasteiger charge is -2.22. The molecule has 0 bridgehead atoms. The molecule has 0 atom stereocenters.